The molecule has 2 atom stereocenters. The van der Waals surface area contributed by atoms with E-state index in [1.54, 1.807) is 0 Å². The van der Waals surface area contributed by atoms with Gasteiger partial charge in [0.25, 0.3) is 0 Å². The van der Waals surface area contributed by atoms with E-state index in [1.807, 2.05) is 0 Å². The van der Waals surface area contributed by atoms with Crippen LogP contribution in [0.5, 0.6) is 0 Å². The van der Waals surface area contributed by atoms with Gasteiger partial charge in [0, 0.05) is 22.7 Å². The molecule has 0 spiro atoms. The predicted octanol–water partition coefficient (Wildman–Crippen LogP) is 2.65. The molecule has 1 saturated heterocycles. The Hall–Kier alpha value is -0.580. The average molecular weight is 327 g/mol. The molecule has 0 bridgehead atoms. The minimum Gasteiger partial charge on any atom is -0.394 e. The van der Waals surface area contributed by atoms with E-state index < -0.39 is 0 Å². The Labute approximate surface area is 124 Å². The number of aliphatic hydroxyl groups excluding tert-OH is 1. The van der Waals surface area contributed by atoms with Crippen LogP contribution in [0, 0.1) is 6.92 Å². The van der Waals surface area contributed by atoms with E-state index in [-0.39, 0.29) is 12.6 Å². The second-order valence-electron chi connectivity index (χ2n) is 5.57. The van der Waals surface area contributed by atoms with E-state index in [4.69, 9.17) is 0 Å². The van der Waals surface area contributed by atoms with Crippen molar-refractivity contribution in [3.05, 3.63) is 28.2 Å². The lowest BCUT2D eigenvalue weighted by Crippen LogP contribution is -2.46. The normalized spacial score (nSPS) is 25.4. The monoisotopic (exact) mass is 326 g/mol. The van der Waals surface area contributed by atoms with Gasteiger partial charge in [-0.1, -0.05) is 15.9 Å². The predicted molar refractivity (Wildman–Crippen MR) is 83.8 cm³/mol. The molecule has 19 heavy (non-hydrogen) atoms. The van der Waals surface area contributed by atoms with Crippen LogP contribution < -0.4 is 4.90 Å². The van der Waals surface area contributed by atoms with Crippen LogP contribution in [0.25, 0.3) is 0 Å². The van der Waals surface area contributed by atoms with Crippen LogP contribution in [0.3, 0.4) is 0 Å². The smallest absolute Gasteiger partial charge is 0.0650 e. The van der Waals surface area contributed by atoms with Gasteiger partial charge in [-0.05, 0) is 57.6 Å². The zero-order valence-electron chi connectivity index (χ0n) is 11.9. The molecule has 1 aliphatic rings. The molecule has 0 amide bonds. The molecule has 0 aliphatic carbocycles. The standard InChI is InChI=1S/C15H23BrN2O/c1-11-8-13(16)4-5-15(11)18-12(2)6-7-17(3)9-14(18)10-19/h4-5,8,12,14,19H,6-7,9-10H2,1-3H3. The van der Waals surface area contributed by atoms with Gasteiger partial charge in [-0.25, -0.2) is 0 Å². The van der Waals surface area contributed by atoms with Crippen molar-refractivity contribution < 1.29 is 5.11 Å². The number of aliphatic hydroxyl groups is 1. The number of benzene rings is 1. The van der Waals surface area contributed by atoms with Crippen molar-refractivity contribution in [1.29, 1.82) is 0 Å². The van der Waals surface area contributed by atoms with Crippen molar-refractivity contribution >= 4 is 21.6 Å². The highest BCUT2D eigenvalue weighted by atomic mass is 79.9. The third-order valence-electron chi connectivity index (χ3n) is 3.97. The lowest BCUT2D eigenvalue weighted by Gasteiger charge is -2.37. The van der Waals surface area contributed by atoms with Gasteiger partial charge >= 0.3 is 0 Å². The number of likely N-dealkylation sites (N-methyl/N-ethyl adjacent to an activating group) is 1. The summed E-state index contributed by atoms with van der Waals surface area (Å²) in [5.41, 5.74) is 2.49. The van der Waals surface area contributed by atoms with Gasteiger partial charge in [0.05, 0.1) is 12.6 Å². The quantitative estimate of drug-likeness (QED) is 0.905. The first-order chi connectivity index (χ1) is 9.02. The third kappa shape index (κ3) is 3.30. The summed E-state index contributed by atoms with van der Waals surface area (Å²) in [6.07, 6.45) is 1.13. The molecule has 4 heteroatoms. The molecule has 0 saturated carbocycles. The fourth-order valence-corrected chi connectivity index (χ4v) is 3.41. The zero-order valence-corrected chi connectivity index (χ0v) is 13.5. The van der Waals surface area contributed by atoms with Gasteiger partial charge in [0.1, 0.15) is 0 Å². The first kappa shape index (κ1) is 14.8. The third-order valence-corrected chi connectivity index (χ3v) is 4.46. The van der Waals surface area contributed by atoms with Crippen molar-refractivity contribution in [2.45, 2.75) is 32.4 Å². The topological polar surface area (TPSA) is 26.7 Å². The lowest BCUT2D eigenvalue weighted by atomic mass is 10.1. The maximum Gasteiger partial charge on any atom is 0.0650 e. The van der Waals surface area contributed by atoms with Crippen LogP contribution in [-0.2, 0) is 0 Å². The number of anilines is 1. The van der Waals surface area contributed by atoms with E-state index in [1.165, 1.54) is 11.3 Å². The Morgan fingerprint density at radius 1 is 1.42 bits per heavy atom. The minimum absolute atomic E-state index is 0.169. The SMILES string of the molecule is Cc1cc(Br)ccc1N1C(C)CCN(C)CC1CO. The van der Waals surface area contributed by atoms with Crippen molar-refractivity contribution in [2.75, 3.05) is 31.6 Å². The summed E-state index contributed by atoms with van der Waals surface area (Å²) in [6.45, 7) is 6.59. The van der Waals surface area contributed by atoms with Crippen molar-refractivity contribution in [3.63, 3.8) is 0 Å². The van der Waals surface area contributed by atoms with E-state index in [0.29, 0.717) is 6.04 Å². The van der Waals surface area contributed by atoms with Gasteiger partial charge in [0.15, 0.2) is 0 Å². The van der Waals surface area contributed by atoms with Crippen LogP contribution >= 0.6 is 15.9 Å². The fraction of sp³-hybridized carbons (Fsp3) is 0.600. The van der Waals surface area contributed by atoms with Gasteiger partial charge in [-0.3, -0.25) is 0 Å². The molecule has 2 rings (SSSR count). The highest BCUT2D eigenvalue weighted by Crippen LogP contribution is 2.29. The van der Waals surface area contributed by atoms with Crippen molar-refractivity contribution in [3.8, 4) is 0 Å². The number of aryl methyl sites for hydroxylation is 1. The number of rotatable bonds is 2. The molecular weight excluding hydrogens is 304 g/mol. The van der Waals surface area contributed by atoms with E-state index in [9.17, 15) is 5.11 Å². The zero-order chi connectivity index (χ0) is 14.0. The molecule has 1 aromatic rings. The Morgan fingerprint density at radius 2 is 2.16 bits per heavy atom. The summed E-state index contributed by atoms with van der Waals surface area (Å²) in [5.74, 6) is 0. The molecule has 0 radical (unpaired) electrons. The molecule has 3 nitrogen and oxygen atoms in total. The van der Waals surface area contributed by atoms with Gasteiger partial charge in [0.2, 0.25) is 0 Å². The molecule has 106 valence electrons. The first-order valence-corrected chi connectivity index (χ1v) is 7.66. The summed E-state index contributed by atoms with van der Waals surface area (Å²) in [6, 6.07) is 7.00. The highest BCUT2D eigenvalue weighted by Gasteiger charge is 2.28. The van der Waals surface area contributed by atoms with Gasteiger partial charge in [-0.15, -0.1) is 0 Å². The molecule has 1 heterocycles. The largest absolute Gasteiger partial charge is 0.394 e. The Bertz CT molecular complexity index is 438. The van der Waals surface area contributed by atoms with Gasteiger partial charge < -0.3 is 14.9 Å². The van der Waals surface area contributed by atoms with Crippen LogP contribution in [0.15, 0.2) is 22.7 Å². The number of hydrogen-bond donors (Lipinski definition) is 1. The van der Waals surface area contributed by atoms with Crippen LogP contribution in [0.4, 0.5) is 5.69 Å². The summed E-state index contributed by atoms with van der Waals surface area (Å²) in [4.78, 5) is 4.71. The van der Waals surface area contributed by atoms with Crippen LogP contribution in [0.2, 0.25) is 0 Å². The molecule has 2 unspecified atom stereocenters. The van der Waals surface area contributed by atoms with Crippen LogP contribution in [-0.4, -0.2) is 48.8 Å². The molecule has 1 N–H and O–H groups in total. The second kappa shape index (κ2) is 6.25. The highest BCUT2D eigenvalue weighted by molar-refractivity contribution is 9.10. The molecule has 1 fully saturated rings. The average Bonchev–Trinajstić information content (AvgIpc) is 2.50. The molecule has 0 aromatic heterocycles. The van der Waals surface area contributed by atoms with Gasteiger partial charge in [-0.2, -0.15) is 0 Å². The summed E-state index contributed by atoms with van der Waals surface area (Å²) >= 11 is 3.52. The molecule has 1 aromatic carbocycles. The second-order valence-corrected chi connectivity index (χ2v) is 6.49. The van der Waals surface area contributed by atoms with Crippen molar-refractivity contribution in [2.24, 2.45) is 0 Å². The number of halogens is 1. The molecular formula is C15H23BrN2O. The Kier molecular flexibility index (Phi) is 4.87. The number of hydrogen-bond acceptors (Lipinski definition) is 3. The van der Waals surface area contributed by atoms with E-state index in [2.05, 4.69) is 64.8 Å². The van der Waals surface area contributed by atoms with E-state index >= 15 is 0 Å². The molecule has 1 aliphatic heterocycles. The minimum atomic E-state index is 0.169. The summed E-state index contributed by atoms with van der Waals surface area (Å²) in [7, 11) is 2.13. The summed E-state index contributed by atoms with van der Waals surface area (Å²) in [5, 5.41) is 9.75. The van der Waals surface area contributed by atoms with Crippen LogP contribution in [0.1, 0.15) is 18.9 Å². The first-order valence-electron chi connectivity index (χ1n) is 6.87. The summed E-state index contributed by atoms with van der Waals surface area (Å²) < 4.78 is 1.11. The fourth-order valence-electron chi connectivity index (χ4n) is 2.93. The Morgan fingerprint density at radius 3 is 2.79 bits per heavy atom. The number of nitrogens with zero attached hydrogens (tertiary/aromatic N) is 2. The van der Waals surface area contributed by atoms with Crippen molar-refractivity contribution in [1.82, 2.24) is 4.90 Å². The maximum absolute atomic E-state index is 9.75. The maximum atomic E-state index is 9.75. The van der Waals surface area contributed by atoms with E-state index in [0.717, 1.165) is 24.0 Å². The Balaban J connectivity index is 2.37. The lowest BCUT2D eigenvalue weighted by molar-refractivity contribution is 0.228.